The number of phenolic OH excluding ortho intramolecular Hbond substituents is 1. The molecule has 0 unspecified atom stereocenters. The van der Waals surface area contributed by atoms with E-state index in [9.17, 15) is 5.11 Å². The van der Waals surface area contributed by atoms with E-state index < -0.39 is 0 Å². The van der Waals surface area contributed by atoms with Crippen LogP contribution in [0, 0.1) is 13.8 Å². The minimum atomic E-state index is 0.420. The summed E-state index contributed by atoms with van der Waals surface area (Å²) < 4.78 is 0. The van der Waals surface area contributed by atoms with Crippen LogP contribution in [0.1, 0.15) is 22.3 Å². The molecule has 16 heavy (non-hydrogen) atoms. The number of hydrogen-bond acceptors (Lipinski definition) is 1. The van der Waals surface area contributed by atoms with Crippen molar-refractivity contribution in [1.29, 1.82) is 0 Å². The lowest BCUT2D eigenvalue weighted by Gasteiger charge is -2.05. The number of fused-ring (bicyclic) bond motifs is 3. The Morgan fingerprint density at radius 2 is 1.75 bits per heavy atom. The van der Waals surface area contributed by atoms with Crippen molar-refractivity contribution in [3.8, 4) is 16.9 Å². The quantitative estimate of drug-likeness (QED) is 0.601. The van der Waals surface area contributed by atoms with Crippen LogP contribution in [-0.2, 0) is 6.42 Å². The normalized spacial score (nSPS) is 12.4. The van der Waals surface area contributed by atoms with Crippen molar-refractivity contribution < 1.29 is 5.11 Å². The highest BCUT2D eigenvalue weighted by Gasteiger charge is 2.21. The Kier molecular flexibility index (Phi) is 1.84. The first-order valence-corrected chi connectivity index (χ1v) is 5.58. The standard InChI is InChI=1S/C15H14O/c1-9-6-11-8-14-12(4-3-5-15(14)16)13(11)7-10(9)2/h3-7,16H,8H2,1-2H3. The molecule has 0 saturated carbocycles. The molecule has 1 aliphatic rings. The van der Waals surface area contributed by atoms with Gasteiger partial charge in [-0.1, -0.05) is 24.3 Å². The van der Waals surface area contributed by atoms with Crippen molar-refractivity contribution in [3.05, 3.63) is 52.6 Å². The fourth-order valence-corrected chi connectivity index (χ4v) is 2.48. The van der Waals surface area contributed by atoms with E-state index in [1.165, 1.54) is 27.8 Å². The van der Waals surface area contributed by atoms with E-state index >= 15 is 0 Å². The summed E-state index contributed by atoms with van der Waals surface area (Å²) >= 11 is 0. The number of hydrogen-bond donors (Lipinski definition) is 1. The molecular formula is C15H14O. The van der Waals surface area contributed by atoms with E-state index in [1.807, 2.05) is 6.07 Å². The van der Waals surface area contributed by atoms with Crippen LogP contribution in [0.15, 0.2) is 30.3 Å². The van der Waals surface area contributed by atoms with Gasteiger partial charge in [-0.3, -0.25) is 0 Å². The summed E-state index contributed by atoms with van der Waals surface area (Å²) in [7, 11) is 0. The van der Waals surface area contributed by atoms with Crippen LogP contribution in [0.3, 0.4) is 0 Å². The number of benzene rings is 2. The molecule has 0 fully saturated rings. The summed E-state index contributed by atoms with van der Waals surface area (Å²) in [5, 5.41) is 9.84. The van der Waals surface area contributed by atoms with Crippen molar-refractivity contribution in [2.45, 2.75) is 20.3 Å². The zero-order chi connectivity index (χ0) is 11.3. The van der Waals surface area contributed by atoms with Crippen molar-refractivity contribution in [2.24, 2.45) is 0 Å². The Hall–Kier alpha value is -1.76. The minimum absolute atomic E-state index is 0.420. The molecule has 0 aromatic heterocycles. The number of phenols is 1. The zero-order valence-corrected chi connectivity index (χ0v) is 9.54. The molecule has 0 spiro atoms. The van der Waals surface area contributed by atoms with Crippen molar-refractivity contribution in [1.82, 2.24) is 0 Å². The topological polar surface area (TPSA) is 20.2 Å². The fraction of sp³-hybridized carbons (Fsp3) is 0.200. The Bertz CT molecular complexity index is 582. The third-order valence-electron chi connectivity index (χ3n) is 3.53. The first-order valence-electron chi connectivity index (χ1n) is 5.58. The maximum Gasteiger partial charge on any atom is 0.119 e. The Morgan fingerprint density at radius 1 is 1.00 bits per heavy atom. The van der Waals surface area contributed by atoms with Gasteiger partial charge in [0.25, 0.3) is 0 Å². The summed E-state index contributed by atoms with van der Waals surface area (Å²) in [6, 6.07) is 10.2. The predicted octanol–water partition coefficient (Wildman–Crippen LogP) is 3.58. The maximum absolute atomic E-state index is 9.84. The molecular weight excluding hydrogens is 196 g/mol. The summed E-state index contributed by atoms with van der Waals surface area (Å²) in [5.74, 6) is 0.420. The first kappa shape index (κ1) is 9.46. The van der Waals surface area contributed by atoms with Crippen molar-refractivity contribution in [3.63, 3.8) is 0 Å². The average molecular weight is 210 g/mol. The van der Waals surface area contributed by atoms with Gasteiger partial charge in [-0.05, 0) is 47.7 Å². The molecule has 2 aromatic carbocycles. The molecule has 0 amide bonds. The van der Waals surface area contributed by atoms with Crippen LogP contribution >= 0.6 is 0 Å². The number of aryl methyl sites for hydroxylation is 2. The van der Waals surface area contributed by atoms with Gasteiger partial charge in [0.1, 0.15) is 5.75 Å². The van der Waals surface area contributed by atoms with Gasteiger partial charge in [0.05, 0.1) is 0 Å². The molecule has 80 valence electrons. The lowest BCUT2D eigenvalue weighted by atomic mass is 10.00. The molecule has 0 heterocycles. The monoisotopic (exact) mass is 210 g/mol. The van der Waals surface area contributed by atoms with Crippen LogP contribution < -0.4 is 0 Å². The molecule has 0 aliphatic heterocycles. The van der Waals surface area contributed by atoms with Gasteiger partial charge in [-0.2, -0.15) is 0 Å². The van der Waals surface area contributed by atoms with Gasteiger partial charge >= 0.3 is 0 Å². The van der Waals surface area contributed by atoms with E-state index in [2.05, 4.69) is 32.0 Å². The van der Waals surface area contributed by atoms with Crippen LogP contribution in [0.2, 0.25) is 0 Å². The highest BCUT2D eigenvalue weighted by molar-refractivity contribution is 5.79. The second-order valence-corrected chi connectivity index (χ2v) is 4.57. The Morgan fingerprint density at radius 3 is 2.56 bits per heavy atom. The highest BCUT2D eigenvalue weighted by atomic mass is 16.3. The molecule has 0 atom stereocenters. The van der Waals surface area contributed by atoms with Crippen molar-refractivity contribution in [2.75, 3.05) is 0 Å². The number of rotatable bonds is 0. The Labute approximate surface area is 95.4 Å². The summed E-state index contributed by atoms with van der Waals surface area (Å²) in [6.45, 7) is 4.27. The molecule has 3 rings (SSSR count). The minimum Gasteiger partial charge on any atom is -0.508 e. The van der Waals surface area contributed by atoms with Gasteiger partial charge in [0.15, 0.2) is 0 Å². The van der Waals surface area contributed by atoms with Gasteiger partial charge in [0.2, 0.25) is 0 Å². The lowest BCUT2D eigenvalue weighted by molar-refractivity contribution is 0.470. The highest BCUT2D eigenvalue weighted by Crippen LogP contribution is 2.41. The molecule has 0 bridgehead atoms. The van der Waals surface area contributed by atoms with E-state index in [0.717, 1.165) is 12.0 Å². The Balaban J connectivity index is 2.30. The average Bonchev–Trinajstić information content (AvgIpc) is 2.59. The van der Waals surface area contributed by atoms with Crippen LogP contribution in [0.4, 0.5) is 0 Å². The molecule has 0 radical (unpaired) electrons. The lowest BCUT2D eigenvalue weighted by Crippen LogP contribution is -1.86. The largest absolute Gasteiger partial charge is 0.508 e. The molecule has 0 saturated heterocycles. The third kappa shape index (κ3) is 1.18. The van der Waals surface area contributed by atoms with Gasteiger partial charge in [0, 0.05) is 12.0 Å². The van der Waals surface area contributed by atoms with Gasteiger partial charge in [-0.15, -0.1) is 0 Å². The van der Waals surface area contributed by atoms with Gasteiger partial charge < -0.3 is 5.11 Å². The third-order valence-corrected chi connectivity index (χ3v) is 3.53. The zero-order valence-electron chi connectivity index (χ0n) is 9.54. The first-order chi connectivity index (χ1) is 7.66. The van der Waals surface area contributed by atoms with E-state index in [1.54, 1.807) is 6.07 Å². The molecule has 2 aromatic rings. The van der Waals surface area contributed by atoms with Crippen LogP contribution in [0.5, 0.6) is 5.75 Å². The second-order valence-electron chi connectivity index (χ2n) is 4.57. The second kappa shape index (κ2) is 3.11. The molecule has 1 N–H and O–H groups in total. The van der Waals surface area contributed by atoms with Gasteiger partial charge in [-0.25, -0.2) is 0 Å². The van der Waals surface area contributed by atoms with Crippen LogP contribution in [-0.4, -0.2) is 5.11 Å². The summed E-state index contributed by atoms with van der Waals surface area (Å²) in [4.78, 5) is 0. The SMILES string of the molecule is Cc1cc2c(cc1C)-c1cccc(O)c1C2. The van der Waals surface area contributed by atoms with E-state index in [-0.39, 0.29) is 0 Å². The molecule has 1 nitrogen and oxygen atoms in total. The van der Waals surface area contributed by atoms with E-state index in [0.29, 0.717) is 5.75 Å². The summed E-state index contributed by atoms with van der Waals surface area (Å²) in [5.41, 5.74) is 7.52. The number of aromatic hydroxyl groups is 1. The predicted molar refractivity (Wildman–Crippen MR) is 65.8 cm³/mol. The van der Waals surface area contributed by atoms with Crippen molar-refractivity contribution >= 4 is 0 Å². The van der Waals surface area contributed by atoms with E-state index in [4.69, 9.17) is 0 Å². The smallest absolute Gasteiger partial charge is 0.119 e. The molecule has 1 aliphatic carbocycles. The molecule has 1 heteroatoms. The fourth-order valence-electron chi connectivity index (χ4n) is 2.48. The van der Waals surface area contributed by atoms with Crippen LogP contribution in [0.25, 0.3) is 11.1 Å². The maximum atomic E-state index is 9.84. The summed E-state index contributed by atoms with van der Waals surface area (Å²) in [6.07, 6.45) is 0.860.